The van der Waals surface area contributed by atoms with Crippen molar-refractivity contribution in [1.29, 1.82) is 0 Å². The molecule has 6 heteroatoms. The first kappa shape index (κ1) is 18.7. The predicted octanol–water partition coefficient (Wildman–Crippen LogP) is 4.43. The standard InChI is InChI=1S/C21H22N4OS/c1-25(2)20-16(7-6-14-22-20)15-23-21(27)24-17-10-12-19(13-11-17)26-18-8-4-3-5-9-18/h3-14H,15H2,1-2H3,(H2,23,24,27). The lowest BCUT2D eigenvalue weighted by molar-refractivity contribution is 0.483. The average Bonchev–Trinajstić information content (AvgIpc) is 2.69. The minimum absolute atomic E-state index is 0.556. The van der Waals surface area contributed by atoms with Gasteiger partial charge in [-0.3, -0.25) is 0 Å². The van der Waals surface area contributed by atoms with Crippen molar-refractivity contribution in [1.82, 2.24) is 10.3 Å². The lowest BCUT2D eigenvalue weighted by Crippen LogP contribution is -2.28. The highest BCUT2D eigenvalue weighted by molar-refractivity contribution is 7.80. The van der Waals surface area contributed by atoms with Crippen LogP contribution in [0.15, 0.2) is 72.9 Å². The van der Waals surface area contributed by atoms with Crippen LogP contribution in [-0.2, 0) is 6.54 Å². The van der Waals surface area contributed by atoms with Crippen molar-refractivity contribution in [3.63, 3.8) is 0 Å². The van der Waals surface area contributed by atoms with Gasteiger partial charge >= 0.3 is 0 Å². The second-order valence-corrected chi connectivity index (χ2v) is 6.54. The van der Waals surface area contributed by atoms with E-state index in [1.165, 1.54) is 0 Å². The molecule has 5 nitrogen and oxygen atoms in total. The van der Waals surface area contributed by atoms with Crippen molar-refractivity contribution >= 4 is 28.8 Å². The summed E-state index contributed by atoms with van der Waals surface area (Å²) in [6, 6.07) is 21.3. The summed E-state index contributed by atoms with van der Waals surface area (Å²) < 4.78 is 5.79. The highest BCUT2D eigenvalue weighted by Crippen LogP contribution is 2.22. The average molecular weight is 379 g/mol. The van der Waals surface area contributed by atoms with Crippen LogP contribution in [0.4, 0.5) is 11.5 Å². The van der Waals surface area contributed by atoms with Crippen LogP contribution in [0.25, 0.3) is 0 Å². The third-order valence-corrected chi connectivity index (χ3v) is 4.07. The van der Waals surface area contributed by atoms with Gasteiger partial charge in [-0.1, -0.05) is 24.3 Å². The number of ether oxygens (including phenoxy) is 1. The molecule has 1 heterocycles. The Morgan fingerprint density at radius 3 is 2.37 bits per heavy atom. The normalized spacial score (nSPS) is 10.1. The van der Waals surface area contributed by atoms with E-state index in [0.29, 0.717) is 11.7 Å². The van der Waals surface area contributed by atoms with Crippen LogP contribution in [0, 0.1) is 0 Å². The Balaban J connectivity index is 1.54. The third-order valence-electron chi connectivity index (χ3n) is 3.82. The van der Waals surface area contributed by atoms with Crippen LogP contribution in [0.1, 0.15) is 5.56 Å². The molecule has 0 saturated heterocycles. The van der Waals surface area contributed by atoms with Gasteiger partial charge in [-0.25, -0.2) is 4.98 Å². The molecular weight excluding hydrogens is 356 g/mol. The smallest absolute Gasteiger partial charge is 0.171 e. The first-order chi connectivity index (χ1) is 13.1. The number of nitrogens with zero attached hydrogens (tertiary/aromatic N) is 2. The third kappa shape index (κ3) is 5.43. The monoisotopic (exact) mass is 378 g/mol. The zero-order chi connectivity index (χ0) is 19.1. The fraction of sp³-hybridized carbons (Fsp3) is 0.143. The lowest BCUT2D eigenvalue weighted by atomic mass is 10.2. The Bertz CT molecular complexity index is 882. The van der Waals surface area contributed by atoms with E-state index in [-0.39, 0.29) is 0 Å². The van der Waals surface area contributed by atoms with Gasteiger partial charge in [0.15, 0.2) is 5.11 Å². The summed E-state index contributed by atoms with van der Waals surface area (Å²) in [7, 11) is 3.95. The fourth-order valence-electron chi connectivity index (χ4n) is 2.55. The predicted molar refractivity (Wildman–Crippen MR) is 115 cm³/mol. The number of hydrogen-bond acceptors (Lipinski definition) is 4. The van der Waals surface area contributed by atoms with E-state index in [0.717, 1.165) is 28.6 Å². The Labute approximate surface area is 165 Å². The van der Waals surface area contributed by atoms with Gasteiger partial charge in [0.1, 0.15) is 17.3 Å². The molecule has 0 radical (unpaired) electrons. The van der Waals surface area contributed by atoms with Crippen LogP contribution in [0.5, 0.6) is 11.5 Å². The van der Waals surface area contributed by atoms with E-state index in [4.69, 9.17) is 17.0 Å². The Hall–Kier alpha value is -3.12. The molecule has 0 amide bonds. The van der Waals surface area contributed by atoms with Crippen LogP contribution in [0.3, 0.4) is 0 Å². The van der Waals surface area contributed by atoms with Gasteiger partial charge in [-0.05, 0) is 54.7 Å². The van der Waals surface area contributed by atoms with E-state index >= 15 is 0 Å². The molecule has 3 rings (SSSR count). The van der Waals surface area contributed by atoms with E-state index in [2.05, 4.69) is 15.6 Å². The molecule has 1 aromatic heterocycles. The topological polar surface area (TPSA) is 49.4 Å². The summed E-state index contributed by atoms with van der Waals surface area (Å²) in [4.78, 5) is 6.38. The first-order valence-electron chi connectivity index (χ1n) is 8.61. The number of hydrogen-bond donors (Lipinski definition) is 2. The van der Waals surface area contributed by atoms with E-state index < -0.39 is 0 Å². The zero-order valence-electron chi connectivity index (χ0n) is 15.3. The molecule has 0 aliphatic heterocycles. The molecule has 138 valence electrons. The maximum atomic E-state index is 5.79. The molecule has 0 saturated carbocycles. The second-order valence-electron chi connectivity index (χ2n) is 6.13. The first-order valence-corrected chi connectivity index (χ1v) is 9.01. The van der Waals surface area contributed by atoms with Crippen molar-refractivity contribution in [2.45, 2.75) is 6.54 Å². The molecule has 0 spiro atoms. The Morgan fingerprint density at radius 1 is 0.963 bits per heavy atom. The Kier molecular flexibility index (Phi) is 6.22. The van der Waals surface area contributed by atoms with Gasteiger partial charge in [0, 0.05) is 38.1 Å². The number of thiocarbonyl (C=S) groups is 1. The summed E-state index contributed by atoms with van der Waals surface area (Å²) in [5.74, 6) is 2.51. The SMILES string of the molecule is CN(C)c1ncccc1CNC(=S)Nc1ccc(Oc2ccccc2)cc1. The molecule has 0 unspecified atom stereocenters. The zero-order valence-corrected chi connectivity index (χ0v) is 16.2. The number of anilines is 2. The van der Waals surface area contributed by atoms with Gasteiger partial charge in [0.05, 0.1) is 0 Å². The molecule has 27 heavy (non-hydrogen) atoms. The lowest BCUT2D eigenvalue weighted by Gasteiger charge is -2.17. The van der Waals surface area contributed by atoms with Crippen LogP contribution in [0.2, 0.25) is 0 Å². The van der Waals surface area contributed by atoms with Gasteiger partial charge < -0.3 is 20.3 Å². The van der Waals surface area contributed by atoms with Gasteiger partial charge in [-0.15, -0.1) is 0 Å². The van der Waals surface area contributed by atoms with Crippen molar-refractivity contribution in [3.8, 4) is 11.5 Å². The summed E-state index contributed by atoms with van der Waals surface area (Å²) in [5.41, 5.74) is 1.98. The molecule has 0 atom stereocenters. The molecular formula is C21H22N4OS. The minimum atomic E-state index is 0.556. The minimum Gasteiger partial charge on any atom is -0.457 e. The number of para-hydroxylation sites is 1. The maximum Gasteiger partial charge on any atom is 0.171 e. The summed E-state index contributed by atoms with van der Waals surface area (Å²) in [6.07, 6.45) is 1.79. The molecule has 2 N–H and O–H groups in total. The number of pyridine rings is 1. The summed E-state index contributed by atoms with van der Waals surface area (Å²) in [5, 5.41) is 6.96. The van der Waals surface area contributed by atoms with E-state index in [9.17, 15) is 0 Å². The number of nitrogens with one attached hydrogen (secondary N) is 2. The van der Waals surface area contributed by atoms with Crippen molar-refractivity contribution in [3.05, 3.63) is 78.5 Å². The van der Waals surface area contributed by atoms with Crippen LogP contribution < -0.4 is 20.3 Å². The van der Waals surface area contributed by atoms with Crippen molar-refractivity contribution in [2.24, 2.45) is 0 Å². The second kappa shape index (κ2) is 9.00. The van der Waals surface area contributed by atoms with Crippen molar-refractivity contribution in [2.75, 3.05) is 24.3 Å². The Morgan fingerprint density at radius 2 is 1.67 bits per heavy atom. The van der Waals surface area contributed by atoms with E-state index in [1.807, 2.05) is 85.7 Å². The van der Waals surface area contributed by atoms with Crippen LogP contribution in [-0.4, -0.2) is 24.2 Å². The molecule has 2 aromatic carbocycles. The highest BCUT2D eigenvalue weighted by atomic mass is 32.1. The number of rotatable bonds is 6. The molecule has 0 aliphatic rings. The van der Waals surface area contributed by atoms with Crippen LogP contribution >= 0.6 is 12.2 Å². The highest BCUT2D eigenvalue weighted by Gasteiger charge is 2.06. The quantitative estimate of drug-likeness (QED) is 0.619. The summed E-state index contributed by atoms with van der Waals surface area (Å²) >= 11 is 5.39. The fourth-order valence-corrected chi connectivity index (χ4v) is 2.74. The van der Waals surface area contributed by atoms with Crippen molar-refractivity contribution < 1.29 is 4.74 Å². The molecule has 3 aromatic rings. The largest absolute Gasteiger partial charge is 0.457 e. The number of benzene rings is 2. The summed E-state index contributed by atoms with van der Waals surface area (Å²) in [6.45, 7) is 0.600. The van der Waals surface area contributed by atoms with Gasteiger partial charge in [0.25, 0.3) is 0 Å². The van der Waals surface area contributed by atoms with Gasteiger partial charge in [0.2, 0.25) is 0 Å². The maximum absolute atomic E-state index is 5.79. The van der Waals surface area contributed by atoms with Gasteiger partial charge in [-0.2, -0.15) is 0 Å². The van der Waals surface area contributed by atoms with E-state index in [1.54, 1.807) is 6.20 Å². The molecule has 0 aliphatic carbocycles. The molecule has 0 fully saturated rings. The molecule has 0 bridgehead atoms. The number of aromatic nitrogens is 1.